The van der Waals surface area contributed by atoms with Crippen LogP contribution in [0.15, 0.2) is 28.7 Å². The van der Waals surface area contributed by atoms with Gasteiger partial charge in [0.1, 0.15) is 0 Å². The van der Waals surface area contributed by atoms with E-state index in [4.69, 9.17) is 0 Å². The van der Waals surface area contributed by atoms with Crippen LogP contribution in [0.3, 0.4) is 0 Å². The van der Waals surface area contributed by atoms with Crippen LogP contribution in [0.1, 0.15) is 29.6 Å². The van der Waals surface area contributed by atoms with Gasteiger partial charge in [0.05, 0.1) is 0 Å². The van der Waals surface area contributed by atoms with Crippen molar-refractivity contribution in [3.8, 4) is 0 Å². The number of hydrogen-bond acceptors (Lipinski definition) is 2. The Hall–Kier alpha value is -0.670. The van der Waals surface area contributed by atoms with Gasteiger partial charge in [-0.2, -0.15) is 0 Å². The molecule has 2 rings (SSSR count). The van der Waals surface area contributed by atoms with Gasteiger partial charge in [0.2, 0.25) is 0 Å². The fourth-order valence-corrected chi connectivity index (χ4v) is 2.02. The Kier molecular flexibility index (Phi) is 3.77. The van der Waals surface area contributed by atoms with E-state index in [2.05, 4.69) is 27.9 Å². The average Bonchev–Trinajstić information content (AvgIpc) is 3.10. The molecule has 1 aliphatic rings. The quantitative estimate of drug-likeness (QED) is 0.773. The zero-order valence-electron chi connectivity index (χ0n) is 9.45. The van der Waals surface area contributed by atoms with Crippen molar-refractivity contribution in [1.29, 1.82) is 0 Å². The van der Waals surface area contributed by atoms with Crippen LogP contribution in [0, 0.1) is 0 Å². The van der Waals surface area contributed by atoms with Crippen LogP contribution in [-0.4, -0.2) is 30.3 Å². The Morgan fingerprint density at radius 2 is 2.00 bits per heavy atom. The van der Waals surface area contributed by atoms with E-state index in [1.165, 1.54) is 12.8 Å². The van der Waals surface area contributed by atoms with E-state index in [0.29, 0.717) is 6.42 Å². The van der Waals surface area contributed by atoms with E-state index < -0.39 is 0 Å². The lowest BCUT2D eigenvalue weighted by molar-refractivity contribution is 0.0968. The van der Waals surface area contributed by atoms with Crippen molar-refractivity contribution in [3.63, 3.8) is 0 Å². The highest BCUT2D eigenvalue weighted by molar-refractivity contribution is 9.10. The first-order valence-electron chi connectivity index (χ1n) is 5.66. The van der Waals surface area contributed by atoms with E-state index in [1.807, 2.05) is 24.3 Å². The summed E-state index contributed by atoms with van der Waals surface area (Å²) in [5.41, 5.74) is 0.812. The maximum Gasteiger partial charge on any atom is 0.164 e. The molecule has 1 fully saturated rings. The molecule has 0 aliphatic heterocycles. The van der Waals surface area contributed by atoms with Crippen LogP contribution >= 0.6 is 15.9 Å². The monoisotopic (exact) mass is 281 g/mol. The third kappa shape index (κ3) is 3.16. The van der Waals surface area contributed by atoms with Gasteiger partial charge in [-0.05, 0) is 32.0 Å². The molecule has 0 saturated heterocycles. The SMILES string of the molecule is CN(CCC(=O)c1ccc(Br)cc1)C1CC1. The first kappa shape index (κ1) is 11.8. The normalized spacial score (nSPS) is 15.4. The molecule has 0 atom stereocenters. The lowest BCUT2D eigenvalue weighted by Crippen LogP contribution is -2.23. The number of Topliss-reactive ketones (excluding diaryl/α,β-unsaturated/α-hetero) is 1. The molecule has 0 aromatic heterocycles. The molecule has 2 nitrogen and oxygen atoms in total. The number of carbonyl (C=O) groups is 1. The van der Waals surface area contributed by atoms with Gasteiger partial charge in [0, 0.05) is 29.0 Å². The molecule has 86 valence electrons. The molecule has 0 spiro atoms. The number of rotatable bonds is 5. The Bertz CT molecular complexity index is 370. The lowest BCUT2D eigenvalue weighted by atomic mass is 10.1. The summed E-state index contributed by atoms with van der Waals surface area (Å²) in [6, 6.07) is 8.32. The third-order valence-corrected chi connectivity index (χ3v) is 3.56. The number of halogens is 1. The van der Waals surface area contributed by atoms with Crippen molar-refractivity contribution in [2.24, 2.45) is 0 Å². The predicted octanol–water partition coefficient (Wildman–Crippen LogP) is 3.12. The molecule has 1 saturated carbocycles. The van der Waals surface area contributed by atoms with Crippen LogP contribution in [0.5, 0.6) is 0 Å². The van der Waals surface area contributed by atoms with Crippen LogP contribution in [-0.2, 0) is 0 Å². The number of ketones is 1. The molecular formula is C13H16BrNO. The van der Waals surface area contributed by atoms with E-state index in [1.54, 1.807) is 0 Å². The van der Waals surface area contributed by atoms with Gasteiger partial charge >= 0.3 is 0 Å². The topological polar surface area (TPSA) is 20.3 Å². The van der Waals surface area contributed by atoms with E-state index in [9.17, 15) is 4.79 Å². The third-order valence-electron chi connectivity index (χ3n) is 3.03. The smallest absolute Gasteiger partial charge is 0.164 e. The number of nitrogens with zero attached hydrogens (tertiary/aromatic N) is 1. The predicted molar refractivity (Wildman–Crippen MR) is 68.7 cm³/mol. The number of hydrogen-bond donors (Lipinski definition) is 0. The molecule has 1 aromatic carbocycles. The maximum absolute atomic E-state index is 11.9. The molecule has 0 amide bonds. The summed E-state index contributed by atoms with van der Waals surface area (Å²) in [7, 11) is 2.10. The fourth-order valence-electron chi connectivity index (χ4n) is 1.76. The molecule has 0 heterocycles. The van der Waals surface area contributed by atoms with E-state index in [-0.39, 0.29) is 5.78 Å². The Labute approximate surface area is 105 Å². The highest BCUT2D eigenvalue weighted by atomic mass is 79.9. The van der Waals surface area contributed by atoms with Gasteiger partial charge in [0.25, 0.3) is 0 Å². The van der Waals surface area contributed by atoms with Gasteiger partial charge in [-0.15, -0.1) is 0 Å². The van der Waals surface area contributed by atoms with Gasteiger partial charge in [-0.3, -0.25) is 4.79 Å². The summed E-state index contributed by atoms with van der Waals surface area (Å²) in [5, 5.41) is 0. The highest BCUT2D eigenvalue weighted by Crippen LogP contribution is 2.25. The minimum atomic E-state index is 0.236. The van der Waals surface area contributed by atoms with Crippen molar-refractivity contribution >= 4 is 21.7 Å². The Balaban J connectivity index is 1.85. The van der Waals surface area contributed by atoms with Gasteiger partial charge in [-0.1, -0.05) is 28.1 Å². The van der Waals surface area contributed by atoms with Crippen LogP contribution < -0.4 is 0 Å². The highest BCUT2D eigenvalue weighted by Gasteiger charge is 2.25. The maximum atomic E-state index is 11.9. The van der Waals surface area contributed by atoms with Crippen LogP contribution in [0.25, 0.3) is 0 Å². The Morgan fingerprint density at radius 1 is 1.38 bits per heavy atom. The van der Waals surface area contributed by atoms with Gasteiger partial charge in [-0.25, -0.2) is 0 Å². The van der Waals surface area contributed by atoms with Gasteiger partial charge < -0.3 is 4.90 Å². The first-order valence-corrected chi connectivity index (χ1v) is 6.45. The summed E-state index contributed by atoms with van der Waals surface area (Å²) < 4.78 is 1.01. The molecular weight excluding hydrogens is 266 g/mol. The second kappa shape index (κ2) is 5.11. The van der Waals surface area contributed by atoms with Crippen molar-refractivity contribution in [3.05, 3.63) is 34.3 Å². The molecule has 0 radical (unpaired) electrons. The van der Waals surface area contributed by atoms with Gasteiger partial charge in [0.15, 0.2) is 5.78 Å². The largest absolute Gasteiger partial charge is 0.303 e. The molecule has 16 heavy (non-hydrogen) atoms. The van der Waals surface area contributed by atoms with Crippen LogP contribution in [0.4, 0.5) is 0 Å². The lowest BCUT2D eigenvalue weighted by Gasteiger charge is -2.14. The number of carbonyl (C=O) groups excluding carboxylic acids is 1. The summed E-state index contributed by atoms with van der Waals surface area (Å²) in [4.78, 5) is 14.1. The molecule has 0 unspecified atom stereocenters. The second-order valence-electron chi connectivity index (χ2n) is 4.39. The minimum absolute atomic E-state index is 0.236. The van der Waals surface area contributed by atoms with Crippen molar-refractivity contribution in [1.82, 2.24) is 4.90 Å². The zero-order valence-corrected chi connectivity index (χ0v) is 11.0. The number of benzene rings is 1. The summed E-state index contributed by atoms with van der Waals surface area (Å²) in [6.45, 7) is 0.875. The standard InChI is InChI=1S/C13H16BrNO/c1-15(12-6-7-12)9-8-13(16)10-2-4-11(14)5-3-10/h2-5,12H,6-9H2,1H3. The molecule has 0 N–H and O–H groups in total. The molecule has 3 heteroatoms. The van der Waals surface area contributed by atoms with Crippen molar-refractivity contribution < 1.29 is 4.79 Å². The summed E-state index contributed by atoms with van der Waals surface area (Å²) in [5.74, 6) is 0.236. The molecule has 0 bridgehead atoms. The van der Waals surface area contributed by atoms with Crippen molar-refractivity contribution in [2.75, 3.05) is 13.6 Å². The average molecular weight is 282 g/mol. The minimum Gasteiger partial charge on any atom is -0.303 e. The Morgan fingerprint density at radius 3 is 2.56 bits per heavy atom. The fraction of sp³-hybridized carbons (Fsp3) is 0.462. The summed E-state index contributed by atoms with van der Waals surface area (Å²) >= 11 is 3.36. The second-order valence-corrected chi connectivity index (χ2v) is 5.31. The van der Waals surface area contributed by atoms with E-state index in [0.717, 1.165) is 22.6 Å². The molecule has 1 aromatic rings. The van der Waals surface area contributed by atoms with E-state index >= 15 is 0 Å². The molecule has 1 aliphatic carbocycles. The first-order chi connectivity index (χ1) is 7.66. The summed E-state index contributed by atoms with van der Waals surface area (Å²) in [6.07, 6.45) is 3.21. The van der Waals surface area contributed by atoms with Crippen LogP contribution in [0.2, 0.25) is 0 Å². The zero-order chi connectivity index (χ0) is 11.5. The van der Waals surface area contributed by atoms with Crippen molar-refractivity contribution in [2.45, 2.75) is 25.3 Å².